The second-order valence-corrected chi connectivity index (χ2v) is 5.04. The molecule has 0 aromatic heterocycles. The average Bonchev–Trinajstić information content (AvgIpc) is 2.72. The molecule has 1 amide bonds. The second kappa shape index (κ2) is 3.88. The molecule has 0 aromatic carbocycles. The zero-order chi connectivity index (χ0) is 9.26. The van der Waals surface area contributed by atoms with Crippen LogP contribution >= 0.6 is 11.8 Å². The Balaban J connectivity index is 1.89. The Bertz CT molecular complexity index is 204. The fraction of sp³-hybridized carbons (Fsp3) is 0.889. The fourth-order valence-electron chi connectivity index (χ4n) is 1.97. The maximum atomic E-state index is 11.9. The molecule has 0 aliphatic carbocycles. The van der Waals surface area contributed by atoms with Crippen molar-refractivity contribution in [2.24, 2.45) is 11.7 Å². The van der Waals surface area contributed by atoms with Gasteiger partial charge < -0.3 is 10.6 Å². The molecule has 2 aliphatic heterocycles. The summed E-state index contributed by atoms with van der Waals surface area (Å²) >= 11 is 1.89. The summed E-state index contributed by atoms with van der Waals surface area (Å²) in [7, 11) is 0. The van der Waals surface area contributed by atoms with Crippen molar-refractivity contribution in [3.63, 3.8) is 0 Å². The van der Waals surface area contributed by atoms with Crippen LogP contribution in [0.3, 0.4) is 0 Å². The smallest absolute Gasteiger partial charge is 0.226 e. The van der Waals surface area contributed by atoms with Crippen molar-refractivity contribution in [1.29, 1.82) is 0 Å². The zero-order valence-corrected chi connectivity index (χ0v) is 8.55. The van der Waals surface area contributed by atoms with Crippen molar-refractivity contribution in [2.45, 2.75) is 18.9 Å². The molecule has 2 atom stereocenters. The summed E-state index contributed by atoms with van der Waals surface area (Å²) in [5, 5.41) is 0. The molecule has 0 aromatic rings. The van der Waals surface area contributed by atoms with E-state index in [0.717, 1.165) is 37.4 Å². The maximum absolute atomic E-state index is 11.9. The third-order valence-electron chi connectivity index (χ3n) is 2.82. The van der Waals surface area contributed by atoms with Crippen molar-refractivity contribution in [3.05, 3.63) is 0 Å². The number of amides is 1. The molecule has 3 nitrogen and oxygen atoms in total. The second-order valence-electron chi connectivity index (χ2n) is 3.89. The van der Waals surface area contributed by atoms with Crippen molar-refractivity contribution in [3.8, 4) is 0 Å². The van der Waals surface area contributed by atoms with Crippen LogP contribution in [0.1, 0.15) is 12.8 Å². The van der Waals surface area contributed by atoms with Gasteiger partial charge in [0.2, 0.25) is 5.91 Å². The molecule has 0 saturated carbocycles. The van der Waals surface area contributed by atoms with Gasteiger partial charge in [0.1, 0.15) is 0 Å². The molecule has 2 aliphatic rings. The minimum Gasteiger partial charge on any atom is -0.341 e. The number of hydrogen-bond acceptors (Lipinski definition) is 3. The van der Waals surface area contributed by atoms with Crippen molar-refractivity contribution in [2.75, 3.05) is 24.6 Å². The molecule has 0 radical (unpaired) electrons. The molecule has 4 heteroatoms. The normalized spacial score (nSPS) is 34.1. The SMILES string of the molecule is NC1CCN(C(=O)C2CCSC2)C1. The van der Waals surface area contributed by atoms with Gasteiger partial charge in [0.05, 0.1) is 0 Å². The van der Waals surface area contributed by atoms with Gasteiger partial charge in [-0.2, -0.15) is 11.8 Å². The third kappa shape index (κ3) is 1.99. The Morgan fingerprint density at radius 2 is 2.31 bits per heavy atom. The van der Waals surface area contributed by atoms with Crippen LogP contribution in [-0.4, -0.2) is 41.4 Å². The van der Waals surface area contributed by atoms with E-state index in [4.69, 9.17) is 5.73 Å². The van der Waals surface area contributed by atoms with Gasteiger partial charge in [-0.25, -0.2) is 0 Å². The highest BCUT2D eigenvalue weighted by Crippen LogP contribution is 2.26. The molecule has 74 valence electrons. The van der Waals surface area contributed by atoms with Crippen LogP contribution in [0.15, 0.2) is 0 Å². The molecule has 2 heterocycles. The van der Waals surface area contributed by atoms with E-state index in [2.05, 4.69) is 0 Å². The van der Waals surface area contributed by atoms with Gasteiger partial charge in [0.15, 0.2) is 0 Å². The fourth-order valence-corrected chi connectivity index (χ4v) is 3.19. The minimum absolute atomic E-state index is 0.220. The van der Waals surface area contributed by atoms with Crippen LogP contribution < -0.4 is 5.73 Å². The lowest BCUT2D eigenvalue weighted by Crippen LogP contribution is -2.36. The van der Waals surface area contributed by atoms with Gasteiger partial charge in [-0.05, 0) is 18.6 Å². The summed E-state index contributed by atoms with van der Waals surface area (Å²) in [6, 6.07) is 0.220. The Morgan fingerprint density at radius 1 is 1.46 bits per heavy atom. The van der Waals surface area contributed by atoms with Crippen molar-refractivity contribution in [1.82, 2.24) is 4.90 Å². The van der Waals surface area contributed by atoms with Gasteiger partial charge in [0, 0.05) is 30.8 Å². The van der Waals surface area contributed by atoms with Gasteiger partial charge in [-0.3, -0.25) is 4.79 Å². The first-order chi connectivity index (χ1) is 6.27. The zero-order valence-electron chi connectivity index (χ0n) is 7.74. The lowest BCUT2D eigenvalue weighted by atomic mass is 10.1. The molecule has 2 fully saturated rings. The molecule has 0 spiro atoms. The number of likely N-dealkylation sites (tertiary alicyclic amines) is 1. The number of hydrogen-bond donors (Lipinski definition) is 1. The van der Waals surface area contributed by atoms with Gasteiger partial charge in [-0.15, -0.1) is 0 Å². The highest BCUT2D eigenvalue weighted by atomic mass is 32.2. The Hall–Kier alpha value is -0.220. The molecule has 2 unspecified atom stereocenters. The first-order valence-corrected chi connectivity index (χ1v) is 6.05. The maximum Gasteiger partial charge on any atom is 0.226 e. The molecule has 13 heavy (non-hydrogen) atoms. The van der Waals surface area contributed by atoms with Crippen molar-refractivity contribution < 1.29 is 4.79 Å². The molecule has 2 rings (SSSR count). The van der Waals surface area contributed by atoms with E-state index in [0.29, 0.717) is 5.91 Å². The topological polar surface area (TPSA) is 46.3 Å². The van der Waals surface area contributed by atoms with Crippen LogP contribution in [0.4, 0.5) is 0 Å². The largest absolute Gasteiger partial charge is 0.341 e. The molecule has 2 N–H and O–H groups in total. The van der Waals surface area contributed by atoms with Crippen LogP contribution in [0.2, 0.25) is 0 Å². The Kier molecular flexibility index (Phi) is 2.79. The van der Waals surface area contributed by atoms with Crippen molar-refractivity contribution >= 4 is 17.7 Å². The lowest BCUT2D eigenvalue weighted by molar-refractivity contribution is -0.133. The number of carbonyl (C=O) groups excluding carboxylic acids is 1. The number of nitrogens with two attached hydrogens (primary N) is 1. The van der Waals surface area contributed by atoms with E-state index in [1.54, 1.807) is 0 Å². The van der Waals surface area contributed by atoms with E-state index in [-0.39, 0.29) is 12.0 Å². The standard InChI is InChI=1S/C9H16N2OS/c10-8-1-3-11(5-8)9(12)7-2-4-13-6-7/h7-8H,1-6,10H2. The summed E-state index contributed by atoms with van der Waals surface area (Å²) in [4.78, 5) is 13.8. The van der Waals surface area contributed by atoms with Gasteiger partial charge in [0.25, 0.3) is 0 Å². The predicted molar refractivity (Wildman–Crippen MR) is 54.6 cm³/mol. The van der Waals surface area contributed by atoms with E-state index in [1.165, 1.54) is 0 Å². The predicted octanol–water partition coefficient (Wildman–Crippen LogP) is 0.299. The van der Waals surface area contributed by atoms with E-state index in [1.807, 2.05) is 16.7 Å². The first kappa shape index (κ1) is 9.34. The molecule has 2 saturated heterocycles. The number of thioether (sulfide) groups is 1. The highest BCUT2D eigenvalue weighted by molar-refractivity contribution is 7.99. The summed E-state index contributed by atoms with van der Waals surface area (Å²) in [5.41, 5.74) is 5.76. The first-order valence-electron chi connectivity index (χ1n) is 4.89. The van der Waals surface area contributed by atoms with Crippen LogP contribution in [-0.2, 0) is 4.79 Å². The van der Waals surface area contributed by atoms with E-state index in [9.17, 15) is 4.79 Å². The monoisotopic (exact) mass is 200 g/mol. The van der Waals surface area contributed by atoms with Gasteiger partial charge >= 0.3 is 0 Å². The van der Waals surface area contributed by atoms with Crippen LogP contribution in [0.25, 0.3) is 0 Å². The van der Waals surface area contributed by atoms with Crippen LogP contribution in [0.5, 0.6) is 0 Å². The summed E-state index contributed by atoms with van der Waals surface area (Å²) < 4.78 is 0. The molecular weight excluding hydrogens is 184 g/mol. The summed E-state index contributed by atoms with van der Waals surface area (Å²) in [6.45, 7) is 1.65. The minimum atomic E-state index is 0.220. The number of rotatable bonds is 1. The highest BCUT2D eigenvalue weighted by Gasteiger charge is 2.31. The number of nitrogens with zero attached hydrogens (tertiary/aromatic N) is 1. The lowest BCUT2D eigenvalue weighted by Gasteiger charge is -2.19. The van der Waals surface area contributed by atoms with Crippen LogP contribution in [0, 0.1) is 5.92 Å². The van der Waals surface area contributed by atoms with Gasteiger partial charge in [-0.1, -0.05) is 0 Å². The third-order valence-corrected chi connectivity index (χ3v) is 3.98. The Labute approximate surface area is 83.0 Å². The summed E-state index contributed by atoms with van der Waals surface area (Å²) in [6.07, 6.45) is 2.04. The molecular formula is C9H16N2OS. The number of carbonyl (C=O) groups is 1. The molecule has 0 bridgehead atoms. The quantitative estimate of drug-likeness (QED) is 0.662. The summed E-state index contributed by atoms with van der Waals surface area (Å²) in [5.74, 6) is 2.80. The van der Waals surface area contributed by atoms with E-state index >= 15 is 0 Å². The van der Waals surface area contributed by atoms with E-state index < -0.39 is 0 Å². The average molecular weight is 200 g/mol. The Morgan fingerprint density at radius 3 is 2.85 bits per heavy atom.